The Morgan fingerprint density at radius 3 is 2.66 bits per heavy atom. The number of ether oxygens (including phenoxy) is 2. The quantitative estimate of drug-likeness (QED) is 0.138. The maximum atomic E-state index is 14.2. The van der Waals surface area contributed by atoms with Gasteiger partial charge in [-0.25, -0.2) is 0 Å². The number of methoxy groups -OCH3 is 1. The first-order valence-corrected chi connectivity index (χ1v) is 18.9. The molecule has 2 heterocycles. The third-order valence-corrected chi connectivity index (χ3v) is 14.5. The van der Waals surface area contributed by atoms with Gasteiger partial charge in [0, 0.05) is 51.2 Å². The number of rotatable bonds is 13. The fourth-order valence-electron chi connectivity index (χ4n) is 12.9. The highest BCUT2D eigenvalue weighted by Crippen LogP contribution is 2.84. The second kappa shape index (κ2) is 13.0. The molecule has 1 aromatic heterocycles. The highest BCUT2D eigenvalue weighted by molar-refractivity contribution is 5.90. The van der Waals surface area contributed by atoms with E-state index in [2.05, 4.69) is 42.8 Å². The van der Waals surface area contributed by atoms with Crippen LogP contribution in [0.1, 0.15) is 97.0 Å². The lowest BCUT2D eigenvalue weighted by atomic mass is 9.41. The lowest BCUT2D eigenvalue weighted by molar-refractivity contribution is -0.197. The molecule has 47 heavy (non-hydrogen) atoms. The van der Waals surface area contributed by atoms with Crippen molar-refractivity contribution in [2.75, 3.05) is 26.8 Å². The van der Waals surface area contributed by atoms with Crippen LogP contribution in [0.5, 0.6) is 0 Å². The van der Waals surface area contributed by atoms with Crippen LogP contribution in [0.2, 0.25) is 0 Å². The SMILES string of the molecule is COCCCN(Cc1cccnc1)C[C@@H]1O[C@@H](C23C[C@@H]4[C@H](C)CC[C@H]4C4(C=O)CC2C=C(C(C)C)[C@]43C(=O)O)C[C@H]1C1CCCCC1. The number of pyridine rings is 1. The predicted octanol–water partition coefficient (Wildman–Crippen LogP) is 7.20. The minimum atomic E-state index is -1.18. The zero-order valence-electron chi connectivity index (χ0n) is 29.2. The van der Waals surface area contributed by atoms with Crippen molar-refractivity contribution in [1.29, 1.82) is 0 Å². The third-order valence-electron chi connectivity index (χ3n) is 14.5. The fourth-order valence-corrected chi connectivity index (χ4v) is 12.9. The number of aldehydes is 1. The van der Waals surface area contributed by atoms with Crippen molar-refractivity contribution < 1.29 is 24.2 Å². The van der Waals surface area contributed by atoms with Gasteiger partial charge in [-0.15, -0.1) is 0 Å². The number of aliphatic carboxylic acids is 1. The van der Waals surface area contributed by atoms with Crippen LogP contribution in [0, 0.1) is 57.7 Å². The van der Waals surface area contributed by atoms with Crippen LogP contribution in [0.3, 0.4) is 0 Å². The molecule has 5 aliphatic carbocycles. The van der Waals surface area contributed by atoms with Crippen LogP contribution >= 0.6 is 0 Å². The molecule has 6 aliphatic rings. The van der Waals surface area contributed by atoms with Gasteiger partial charge in [0.15, 0.2) is 0 Å². The number of carbonyl (C=O) groups excluding carboxylic acids is 1. The van der Waals surface area contributed by atoms with Gasteiger partial charge in [0.2, 0.25) is 0 Å². The van der Waals surface area contributed by atoms with E-state index in [0.717, 1.165) is 63.6 Å². The smallest absolute Gasteiger partial charge is 0.315 e. The minimum absolute atomic E-state index is 0.0365. The van der Waals surface area contributed by atoms with Crippen molar-refractivity contribution in [1.82, 2.24) is 9.88 Å². The van der Waals surface area contributed by atoms with Gasteiger partial charge < -0.3 is 19.4 Å². The number of carboxylic acids is 1. The molecule has 4 saturated carbocycles. The van der Waals surface area contributed by atoms with Crippen LogP contribution in [-0.2, 0) is 25.6 Å². The Kier molecular flexibility index (Phi) is 9.23. The lowest BCUT2D eigenvalue weighted by Gasteiger charge is -2.60. The predicted molar refractivity (Wildman–Crippen MR) is 181 cm³/mol. The molecule has 10 atom stereocenters. The second-order valence-corrected chi connectivity index (χ2v) is 16.8. The lowest BCUT2D eigenvalue weighted by Crippen LogP contribution is -2.65. The summed E-state index contributed by atoms with van der Waals surface area (Å²) in [6.45, 7) is 9.90. The Morgan fingerprint density at radius 2 is 1.98 bits per heavy atom. The van der Waals surface area contributed by atoms with E-state index in [4.69, 9.17) is 9.47 Å². The van der Waals surface area contributed by atoms with Crippen LogP contribution in [0.4, 0.5) is 0 Å². The van der Waals surface area contributed by atoms with Crippen LogP contribution in [0.25, 0.3) is 0 Å². The monoisotopic (exact) mass is 646 g/mol. The molecule has 0 amide bonds. The highest BCUT2D eigenvalue weighted by atomic mass is 16.5. The van der Waals surface area contributed by atoms with Crippen molar-refractivity contribution in [3.05, 3.63) is 41.7 Å². The van der Waals surface area contributed by atoms with Crippen LogP contribution in [0.15, 0.2) is 36.2 Å². The van der Waals surface area contributed by atoms with E-state index in [-0.39, 0.29) is 30.0 Å². The third kappa shape index (κ3) is 4.94. The zero-order chi connectivity index (χ0) is 33.0. The first-order chi connectivity index (χ1) is 22.7. The number of carbonyl (C=O) groups is 2. The average Bonchev–Trinajstić information content (AvgIpc) is 3.79. The number of carboxylic acid groups (broad SMARTS) is 1. The molecule has 1 aromatic rings. The maximum absolute atomic E-state index is 14.2. The summed E-state index contributed by atoms with van der Waals surface area (Å²) in [6.07, 6.45) is 19.0. The molecule has 1 saturated heterocycles. The Bertz CT molecular complexity index is 1330. The summed E-state index contributed by atoms with van der Waals surface area (Å²) < 4.78 is 13.0. The maximum Gasteiger partial charge on any atom is 0.315 e. The van der Waals surface area contributed by atoms with Crippen molar-refractivity contribution in [3.8, 4) is 0 Å². The van der Waals surface area contributed by atoms with Gasteiger partial charge >= 0.3 is 5.97 Å². The summed E-state index contributed by atoms with van der Waals surface area (Å²) in [5, 5.41) is 11.7. The second-order valence-electron chi connectivity index (χ2n) is 16.8. The van der Waals surface area contributed by atoms with Crippen molar-refractivity contribution in [2.45, 2.75) is 110 Å². The molecule has 5 fully saturated rings. The van der Waals surface area contributed by atoms with Gasteiger partial charge in [-0.05, 0) is 85.2 Å². The van der Waals surface area contributed by atoms with Crippen molar-refractivity contribution in [2.24, 2.45) is 57.7 Å². The number of fused-ring (bicyclic) bond motifs is 2. The average molecular weight is 647 g/mol. The minimum Gasteiger partial charge on any atom is -0.481 e. The molecule has 0 spiro atoms. The van der Waals surface area contributed by atoms with E-state index >= 15 is 0 Å². The van der Waals surface area contributed by atoms with E-state index in [0.29, 0.717) is 36.7 Å². The Morgan fingerprint density at radius 1 is 1.17 bits per heavy atom. The molecule has 0 aromatic carbocycles. The molecule has 7 rings (SSSR count). The molecule has 7 heteroatoms. The summed E-state index contributed by atoms with van der Waals surface area (Å²) in [5.41, 5.74) is -0.396. The van der Waals surface area contributed by atoms with Gasteiger partial charge in [0.1, 0.15) is 11.7 Å². The number of hydrogen-bond donors (Lipinski definition) is 1. The van der Waals surface area contributed by atoms with Crippen LogP contribution < -0.4 is 0 Å². The number of allylic oxidation sites excluding steroid dienone is 1. The number of aromatic nitrogens is 1. The molecule has 0 radical (unpaired) electrons. The topological polar surface area (TPSA) is 89.0 Å². The molecule has 1 aliphatic heterocycles. The van der Waals surface area contributed by atoms with Gasteiger partial charge in [-0.1, -0.05) is 77.0 Å². The first-order valence-electron chi connectivity index (χ1n) is 18.9. The molecule has 258 valence electrons. The normalized spacial score (nSPS) is 41.1. The van der Waals surface area contributed by atoms with Gasteiger partial charge in [0.25, 0.3) is 0 Å². The van der Waals surface area contributed by atoms with Gasteiger partial charge in [-0.2, -0.15) is 0 Å². The number of hydrogen-bond acceptors (Lipinski definition) is 6. The fraction of sp³-hybridized carbons (Fsp3) is 0.775. The summed E-state index contributed by atoms with van der Waals surface area (Å²) in [7, 11) is 1.77. The van der Waals surface area contributed by atoms with Crippen molar-refractivity contribution >= 4 is 12.3 Å². The first kappa shape index (κ1) is 33.4. The molecular weight excluding hydrogens is 588 g/mol. The van der Waals surface area contributed by atoms with Gasteiger partial charge in [-0.3, -0.25) is 14.7 Å². The summed E-state index contributed by atoms with van der Waals surface area (Å²) in [4.78, 5) is 34.8. The molecular formula is C40H58N2O5. The van der Waals surface area contributed by atoms with E-state index < -0.39 is 22.2 Å². The number of nitrogens with zero attached hydrogens (tertiary/aromatic N) is 2. The largest absolute Gasteiger partial charge is 0.481 e. The van der Waals surface area contributed by atoms with E-state index in [9.17, 15) is 14.7 Å². The van der Waals surface area contributed by atoms with Crippen LogP contribution in [-0.4, -0.2) is 66.3 Å². The Hall–Kier alpha value is -2.09. The standard InChI is InChI=1S/C40H58N2O5/c1-26(2)34-18-30-20-38(25-43)33-14-13-27(3)32(33)21-39(30,40(34,38)37(44)45)36-19-31(29-11-6-5-7-12-29)35(47-36)24-42(16-9-17-46-4)23-28-10-8-15-41-22-28/h8,10,15,18,22,25-27,29-33,35-36H,5-7,9,11-14,16-17,19-21,23-24H2,1-4H3,(H,44,45)/t27-,30?,31+,32-,33-,35+,36-,38?,39?,40+/m1/s1. The van der Waals surface area contributed by atoms with E-state index in [1.807, 2.05) is 18.5 Å². The zero-order valence-corrected chi connectivity index (χ0v) is 29.2. The Balaban J connectivity index is 1.29. The molecule has 7 nitrogen and oxygen atoms in total. The summed E-state index contributed by atoms with van der Waals surface area (Å²) >= 11 is 0. The van der Waals surface area contributed by atoms with Crippen molar-refractivity contribution in [3.63, 3.8) is 0 Å². The molecule has 3 unspecified atom stereocenters. The Labute approximate surface area is 282 Å². The highest BCUT2D eigenvalue weighted by Gasteiger charge is 2.86. The van der Waals surface area contributed by atoms with Gasteiger partial charge in [0.05, 0.1) is 17.6 Å². The molecule has 1 N–H and O–H groups in total. The van der Waals surface area contributed by atoms with E-state index in [1.54, 1.807) is 7.11 Å². The summed E-state index contributed by atoms with van der Waals surface area (Å²) in [5.74, 6) is 1.41. The molecule has 4 bridgehead atoms. The summed E-state index contributed by atoms with van der Waals surface area (Å²) in [6, 6.07) is 4.16. The van der Waals surface area contributed by atoms with E-state index in [1.165, 1.54) is 37.7 Å².